The van der Waals surface area contributed by atoms with Gasteiger partial charge < -0.3 is 10.2 Å². The Bertz CT molecular complexity index is 172. The first-order valence-electron chi connectivity index (χ1n) is 3.96. The summed E-state index contributed by atoms with van der Waals surface area (Å²) in [6.07, 6.45) is 0.146. The highest BCUT2D eigenvalue weighted by Crippen LogP contribution is 2.37. The molecule has 2 unspecified atom stereocenters. The molecule has 0 aromatic carbocycles. The van der Waals surface area contributed by atoms with Crippen LogP contribution in [-0.2, 0) is 0 Å². The molecule has 2 nitrogen and oxygen atoms in total. The van der Waals surface area contributed by atoms with Crippen molar-refractivity contribution in [2.45, 2.75) is 38.9 Å². The Balaban J connectivity index is 2.70. The molecule has 1 aliphatic carbocycles. The van der Waals surface area contributed by atoms with Crippen LogP contribution in [0.5, 0.6) is 0 Å². The van der Waals surface area contributed by atoms with E-state index in [1.54, 1.807) is 0 Å². The van der Waals surface area contributed by atoms with Gasteiger partial charge >= 0.3 is 0 Å². The number of hydrogen-bond acceptors (Lipinski definition) is 2. The van der Waals surface area contributed by atoms with Gasteiger partial charge in [-0.05, 0) is 23.8 Å². The molecule has 0 heterocycles. The minimum atomic E-state index is -0.706. The van der Waals surface area contributed by atoms with Crippen molar-refractivity contribution in [2.24, 2.45) is 5.41 Å². The molecule has 0 aromatic heterocycles. The van der Waals surface area contributed by atoms with E-state index in [1.165, 1.54) is 0 Å². The molecule has 1 saturated carbocycles. The summed E-state index contributed by atoms with van der Waals surface area (Å²) in [5.74, 6) is 0. The molecular formula is C9H16O2. The molecule has 0 spiro atoms. The Morgan fingerprint density at radius 1 is 1.45 bits per heavy atom. The molecule has 1 fully saturated rings. The van der Waals surface area contributed by atoms with Crippen LogP contribution in [0.2, 0.25) is 0 Å². The van der Waals surface area contributed by atoms with E-state index in [1.807, 2.05) is 0 Å². The quantitative estimate of drug-likeness (QED) is 0.515. The van der Waals surface area contributed by atoms with Crippen LogP contribution in [0.3, 0.4) is 0 Å². The standard InChI is InChI=1S/C9H16O2/c1-6-4-9(2,3)5-7(10)8(6)11/h7-8,10-11H,1,4-5H2,2-3H3. The highest BCUT2D eigenvalue weighted by atomic mass is 16.3. The maximum atomic E-state index is 9.37. The Kier molecular flexibility index (Phi) is 2.08. The van der Waals surface area contributed by atoms with E-state index >= 15 is 0 Å². The first-order valence-corrected chi connectivity index (χ1v) is 3.96. The molecule has 1 aliphatic rings. The summed E-state index contributed by atoms with van der Waals surface area (Å²) >= 11 is 0. The van der Waals surface area contributed by atoms with E-state index in [9.17, 15) is 10.2 Å². The van der Waals surface area contributed by atoms with E-state index in [0.717, 1.165) is 12.0 Å². The highest BCUT2D eigenvalue weighted by Gasteiger charge is 2.34. The van der Waals surface area contributed by atoms with Gasteiger partial charge in [0.05, 0.1) is 6.10 Å². The smallest absolute Gasteiger partial charge is 0.101 e. The second-order valence-corrected chi connectivity index (χ2v) is 4.22. The predicted molar refractivity (Wildman–Crippen MR) is 44.2 cm³/mol. The Labute approximate surface area is 67.6 Å². The van der Waals surface area contributed by atoms with Crippen molar-refractivity contribution >= 4 is 0 Å². The van der Waals surface area contributed by atoms with Gasteiger partial charge in [-0.2, -0.15) is 0 Å². The fourth-order valence-electron chi connectivity index (χ4n) is 1.74. The Hall–Kier alpha value is -0.340. The van der Waals surface area contributed by atoms with Crippen LogP contribution in [0, 0.1) is 5.41 Å². The third-order valence-electron chi connectivity index (χ3n) is 2.25. The monoisotopic (exact) mass is 156 g/mol. The van der Waals surface area contributed by atoms with Crippen LogP contribution >= 0.6 is 0 Å². The normalized spacial score (nSPS) is 37.3. The van der Waals surface area contributed by atoms with Gasteiger partial charge in [0, 0.05) is 0 Å². The third-order valence-corrected chi connectivity index (χ3v) is 2.25. The molecule has 0 aromatic rings. The largest absolute Gasteiger partial charge is 0.390 e. The third kappa shape index (κ3) is 1.82. The van der Waals surface area contributed by atoms with E-state index in [0.29, 0.717) is 6.42 Å². The highest BCUT2D eigenvalue weighted by molar-refractivity contribution is 5.11. The average molecular weight is 156 g/mol. The second-order valence-electron chi connectivity index (χ2n) is 4.22. The van der Waals surface area contributed by atoms with Crippen LogP contribution < -0.4 is 0 Å². The van der Waals surface area contributed by atoms with Crippen molar-refractivity contribution < 1.29 is 10.2 Å². The maximum Gasteiger partial charge on any atom is 0.101 e. The van der Waals surface area contributed by atoms with Crippen LogP contribution in [0.25, 0.3) is 0 Å². The zero-order chi connectivity index (χ0) is 8.65. The lowest BCUT2D eigenvalue weighted by Gasteiger charge is -2.37. The minimum Gasteiger partial charge on any atom is -0.390 e. The first kappa shape index (κ1) is 8.75. The zero-order valence-corrected chi connectivity index (χ0v) is 7.17. The molecule has 2 atom stereocenters. The molecule has 0 saturated heterocycles. The van der Waals surface area contributed by atoms with Crippen molar-refractivity contribution in [1.82, 2.24) is 0 Å². The van der Waals surface area contributed by atoms with Gasteiger partial charge in [0.2, 0.25) is 0 Å². The lowest BCUT2D eigenvalue weighted by molar-refractivity contribution is -0.0117. The van der Waals surface area contributed by atoms with Crippen molar-refractivity contribution in [2.75, 3.05) is 0 Å². The van der Waals surface area contributed by atoms with Gasteiger partial charge in [0.15, 0.2) is 0 Å². The van der Waals surface area contributed by atoms with Gasteiger partial charge in [0.1, 0.15) is 6.10 Å². The molecule has 11 heavy (non-hydrogen) atoms. The Morgan fingerprint density at radius 3 is 2.45 bits per heavy atom. The molecule has 2 heteroatoms. The van der Waals surface area contributed by atoms with E-state index in [-0.39, 0.29) is 5.41 Å². The summed E-state index contributed by atoms with van der Waals surface area (Å²) < 4.78 is 0. The van der Waals surface area contributed by atoms with Crippen molar-refractivity contribution in [3.63, 3.8) is 0 Å². The number of rotatable bonds is 0. The fraction of sp³-hybridized carbons (Fsp3) is 0.778. The molecule has 0 aliphatic heterocycles. The van der Waals surface area contributed by atoms with E-state index in [4.69, 9.17) is 0 Å². The van der Waals surface area contributed by atoms with Gasteiger partial charge in [-0.25, -0.2) is 0 Å². The van der Waals surface area contributed by atoms with Crippen LogP contribution in [-0.4, -0.2) is 22.4 Å². The summed E-state index contributed by atoms with van der Waals surface area (Å²) in [5.41, 5.74) is 0.851. The molecule has 0 radical (unpaired) electrons. The molecular weight excluding hydrogens is 140 g/mol. The van der Waals surface area contributed by atoms with Crippen molar-refractivity contribution in [1.29, 1.82) is 0 Å². The lowest BCUT2D eigenvalue weighted by atomic mass is 9.73. The van der Waals surface area contributed by atoms with Gasteiger partial charge in [0.25, 0.3) is 0 Å². The van der Waals surface area contributed by atoms with E-state index < -0.39 is 12.2 Å². The Morgan fingerprint density at radius 2 is 2.00 bits per heavy atom. The van der Waals surface area contributed by atoms with Crippen LogP contribution in [0.4, 0.5) is 0 Å². The summed E-state index contributed by atoms with van der Waals surface area (Å²) in [5, 5.41) is 18.7. The molecule has 1 rings (SSSR count). The van der Waals surface area contributed by atoms with Gasteiger partial charge in [-0.1, -0.05) is 20.4 Å². The average Bonchev–Trinajstić information content (AvgIpc) is 1.81. The summed E-state index contributed by atoms with van der Waals surface area (Å²) in [6, 6.07) is 0. The minimum absolute atomic E-state index is 0.0930. The fourth-order valence-corrected chi connectivity index (χ4v) is 1.74. The van der Waals surface area contributed by atoms with Crippen molar-refractivity contribution in [3.8, 4) is 0 Å². The van der Waals surface area contributed by atoms with Gasteiger partial charge in [-0.3, -0.25) is 0 Å². The molecule has 64 valence electrons. The van der Waals surface area contributed by atoms with Crippen LogP contribution in [0.1, 0.15) is 26.7 Å². The number of aliphatic hydroxyl groups is 2. The number of hydrogen-bond donors (Lipinski definition) is 2. The number of aliphatic hydroxyl groups excluding tert-OH is 2. The zero-order valence-electron chi connectivity index (χ0n) is 7.17. The summed E-state index contributed by atoms with van der Waals surface area (Å²) in [6.45, 7) is 7.88. The molecule has 2 N–H and O–H groups in total. The topological polar surface area (TPSA) is 40.5 Å². The molecule has 0 amide bonds. The lowest BCUT2D eigenvalue weighted by Crippen LogP contribution is -2.38. The molecule has 0 bridgehead atoms. The summed E-state index contributed by atoms with van der Waals surface area (Å²) in [7, 11) is 0. The summed E-state index contributed by atoms with van der Waals surface area (Å²) in [4.78, 5) is 0. The maximum absolute atomic E-state index is 9.37. The van der Waals surface area contributed by atoms with Crippen molar-refractivity contribution in [3.05, 3.63) is 12.2 Å². The first-order chi connectivity index (χ1) is 4.92. The van der Waals surface area contributed by atoms with Crippen LogP contribution in [0.15, 0.2) is 12.2 Å². The SMILES string of the molecule is C=C1CC(C)(C)CC(O)C1O. The predicted octanol–water partition coefficient (Wildman–Crippen LogP) is 1.08. The van der Waals surface area contributed by atoms with Gasteiger partial charge in [-0.15, -0.1) is 0 Å². The second kappa shape index (κ2) is 2.61. The van der Waals surface area contributed by atoms with E-state index in [2.05, 4.69) is 20.4 Å².